The minimum absolute atomic E-state index is 0.0172. The Morgan fingerprint density at radius 1 is 0.790 bits per heavy atom. The van der Waals surface area contributed by atoms with E-state index in [9.17, 15) is 19.2 Å². The van der Waals surface area contributed by atoms with Gasteiger partial charge < -0.3 is 44.6 Å². The first-order chi connectivity index (χ1) is 29.8. The summed E-state index contributed by atoms with van der Waals surface area (Å²) in [6.45, 7) is 10.0. The van der Waals surface area contributed by atoms with E-state index in [0.717, 1.165) is 52.7 Å². The number of aromatic amines is 2. The van der Waals surface area contributed by atoms with Gasteiger partial charge in [-0.25, -0.2) is 19.6 Å². The largest absolute Gasteiger partial charge is 0.453 e. The number of carbonyl (C=O) groups excluding carboxylic acids is 4. The zero-order chi connectivity index (χ0) is 43.6. The molecule has 3 aliphatic heterocycles. The Morgan fingerprint density at radius 2 is 1.47 bits per heavy atom. The number of nitrogens with zero attached hydrogens (tertiary/aromatic N) is 4. The van der Waals surface area contributed by atoms with Crippen LogP contribution in [0.25, 0.3) is 22.0 Å². The molecule has 2 aliphatic carbocycles. The molecule has 5 aliphatic rings. The number of methoxy groups -OCH3 is 2. The molecule has 2 aromatic heterocycles. The van der Waals surface area contributed by atoms with Crippen molar-refractivity contribution in [1.29, 1.82) is 0 Å². The maximum Gasteiger partial charge on any atom is 0.407 e. The summed E-state index contributed by atoms with van der Waals surface area (Å²) < 4.78 is 15.7. The minimum Gasteiger partial charge on any atom is -0.453 e. The van der Waals surface area contributed by atoms with Gasteiger partial charge in [0.2, 0.25) is 11.8 Å². The predicted molar refractivity (Wildman–Crippen MR) is 229 cm³/mol. The molecule has 2 aromatic carbocycles. The van der Waals surface area contributed by atoms with E-state index >= 15 is 0 Å². The van der Waals surface area contributed by atoms with Crippen LogP contribution in [0.4, 0.5) is 9.59 Å². The van der Waals surface area contributed by atoms with E-state index in [-0.39, 0.29) is 60.0 Å². The molecule has 4 N–H and O–H groups in total. The molecule has 15 heteroatoms. The van der Waals surface area contributed by atoms with Crippen LogP contribution >= 0.6 is 0 Å². The lowest BCUT2D eigenvalue weighted by atomic mass is 9.85. The summed E-state index contributed by atoms with van der Waals surface area (Å²) in [5.74, 6) is 8.78. The molecule has 9 rings (SSSR count). The van der Waals surface area contributed by atoms with Crippen molar-refractivity contribution in [3.05, 3.63) is 71.7 Å². The average molecular weight is 845 g/mol. The Bertz CT molecular complexity index is 2440. The Morgan fingerprint density at radius 3 is 2.21 bits per heavy atom. The lowest BCUT2D eigenvalue weighted by Crippen LogP contribution is -2.55. The van der Waals surface area contributed by atoms with Crippen molar-refractivity contribution in [2.75, 3.05) is 14.2 Å². The molecule has 0 bridgehead atoms. The Kier molecular flexibility index (Phi) is 11.0. The van der Waals surface area contributed by atoms with Crippen LogP contribution in [0.3, 0.4) is 0 Å². The number of carbonyl (C=O) groups is 4. The number of rotatable bonds is 9. The third-order valence-corrected chi connectivity index (χ3v) is 13.9. The van der Waals surface area contributed by atoms with Crippen molar-refractivity contribution in [3.63, 3.8) is 0 Å². The monoisotopic (exact) mass is 844 g/mol. The predicted octanol–water partition coefficient (Wildman–Crippen LogP) is 6.23. The van der Waals surface area contributed by atoms with Crippen LogP contribution in [-0.2, 0) is 23.8 Å². The Hall–Kier alpha value is -5.88. The molecule has 0 radical (unpaired) electrons. The number of H-pyrrole nitrogens is 2. The average Bonchev–Trinajstić information content (AvgIpc) is 3.73. The molecule has 1 unspecified atom stereocenters. The number of ether oxygens (including phenoxy) is 3. The fraction of sp³-hybridized carbons (Fsp3) is 0.532. The Labute approximate surface area is 361 Å². The van der Waals surface area contributed by atoms with Crippen molar-refractivity contribution in [3.8, 4) is 23.1 Å². The van der Waals surface area contributed by atoms with Crippen LogP contribution in [-0.4, -0.2) is 104 Å². The van der Waals surface area contributed by atoms with Gasteiger partial charge in [0, 0.05) is 23.2 Å². The fourth-order valence-electron chi connectivity index (χ4n) is 10.6. The first kappa shape index (κ1) is 41.5. The summed E-state index contributed by atoms with van der Waals surface area (Å²) in [4.78, 5) is 73.2. The summed E-state index contributed by atoms with van der Waals surface area (Å²) >= 11 is 0. The SMILES string of the molecule is COC(=O)NC(C(=O)N1[C@@H]2C[C@@H]2C[C@H]1c1ncc(C#Cc2ccc3cc(-c4cnc([C@@H]5C[C@H]6[C@@H](C)[C@H]6N5C(=O)[C@@H](NC(=O)OC)C(C)C)[nH]4)ccc3c2)[nH]1)[C@H]1C[C@@H](C)O[C@@H](C)C1. The van der Waals surface area contributed by atoms with Gasteiger partial charge in [0.15, 0.2) is 0 Å². The lowest BCUT2D eigenvalue weighted by molar-refractivity contribution is -0.140. The maximum absolute atomic E-state index is 14.4. The molecule has 12 atom stereocenters. The van der Waals surface area contributed by atoms with Crippen LogP contribution < -0.4 is 10.6 Å². The molecule has 5 heterocycles. The van der Waals surface area contributed by atoms with E-state index < -0.39 is 24.3 Å². The van der Waals surface area contributed by atoms with Gasteiger partial charge in [-0.15, -0.1) is 0 Å². The second kappa shape index (κ2) is 16.4. The number of hydrogen-bond donors (Lipinski definition) is 4. The van der Waals surface area contributed by atoms with Crippen molar-refractivity contribution in [2.45, 2.75) is 115 Å². The highest BCUT2D eigenvalue weighted by Crippen LogP contribution is 2.58. The third kappa shape index (κ3) is 7.89. The zero-order valence-electron chi connectivity index (χ0n) is 36.3. The van der Waals surface area contributed by atoms with Crippen molar-refractivity contribution >= 4 is 34.8 Å². The molecule has 15 nitrogen and oxygen atoms in total. The van der Waals surface area contributed by atoms with Crippen molar-refractivity contribution in [1.82, 2.24) is 40.4 Å². The molecule has 0 spiro atoms. The number of alkyl carbamates (subject to hydrolysis) is 2. The number of amides is 4. The van der Waals surface area contributed by atoms with E-state index in [0.29, 0.717) is 42.1 Å². The van der Waals surface area contributed by atoms with Gasteiger partial charge in [0.25, 0.3) is 0 Å². The zero-order valence-corrected chi connectivity index (χ0v) is 36.3. The molecular weight excluding hydrogens is 789 g/mol. The number of imidazole rings is 2. The van der Waals surface area contributed by atoms with Gasteiger partial charge in [0.05, 0.1) is 56.6 Å². The molecular formula is C47H56N8O7. The summed E-state index contributed by atoms with van der Waals surface area (Å²) in [7, 11) is 2.62. The molecule has 326 valence electrons. The van der Waals surface area contributed by atoms with Gasteiger partial charge in [0.1, 0.15) is 29.4 Å². The van der Waals surface area contributed by atoms with Gasteiger partial charge in [-0.1, -0.05) is 44.9 Å². The third-order valence-electron chi connectivity index (χ3n) is 13.9. The van der Waals surface area contributed by atoms with Crippen LogP contribution in [0.1, 0.15) is 102 Å². The topological polar surface area (TPSA) is 184 Å². The second-order valence-corrected chi connectivity index (χ2v) is 18.4. The minimum atomic E-state index is -0.718. The van der Waals surface area contributed by atoms with Gasteiger partial charge in [-0.2, -0.15) is 0 Å². The van der Waals surface area contributed by atoms with Crippen molar-refractivity contribution < 1.29 is 33.4 Å². The summed E-state index contributed by atoms with van der Waals surface area (Å²) in [6, 6.07) is 10.7. The van der Waals surface area contributed by atoms with Crippen LogP contribution in [0.2, 0.25) is 0 Å². The van der Waals surface area contributed by atoms with Gasteiger partial charge in [-0.3, -0.25) is 9.59 Å². The fourth-order valence-corrected chi connectivity index (χ4v) is 10.6. The van der Waals surface area contributed by atoms with Crippen LogP contribution in [0.15, 0.2) is 48.8 Å². The second-order valence-electron chi connectivity index (χ2n) is 18.4. The molecule has 4 amide bonds. The molecule has 4 aromatic rings. The van der Waals surface area contributed by atoms with Gasteiger partial charge in [-0.05, 0) is 110 Å². The first-order valence-corrected chi connectivity index (χ1v) is 22.0. The smallest absolute Gasteiger partial charge is 0.407 e. The highest BCUT2D eigenvalue weighted by atomic mass is 16.5. The molecule has 3 saturated heterocycles. The van der Waals surface area contributed by atoms with Crippen LogP contribution in [0.5, 0.6) is 0 Å². The number of likely N-dealkylation sites (tertiary alicyclic amines) is 2. The molecule has 2 saturated carbocycles. The molecule has 5 fully saturated rings. The standard InChI is InChI=1S/C47H56N8O7/c1-23(2)39(52-46(58)60-6)44(56)55-38(20-34-26(5)41(34)55)43-49-22-35(51-43)30-12-11-28-16-27(8-10-29(28)17-30)9-13-33-21-48-42(50-33)37-19-31-18-36(31)54(37)45(57)40(53-47(59)61-7)32-14-24(3)62-25(4)15-32/h8,10-12,16-17,21-26,31-32,34,36-41H,14-15,18-20H2,1-7H3,(H,48,50)(H,49,51)(H,52,58)(H,53,59)/t24-,25+,26-,31-,32+,34+,36-,37+,38+,39+,40?,41-/m1/s1. The summed E-state index contributed by atoms with van der Waals surface area (Å²) in [5.41, 5.74) is 3.34. The number of fused-ring (bicyclic) bond motifs is 3. The number of aromatic nitrogens is 4. The summed E-state index contributed by atoms with van der Waals surface area (Å²) in [6.07, 6.45) is 6.20. The number of piperidine rings is 2. The normalized spacial score (nSPS) is 29.2. The van der Waals surface area contributed by atoms with E-state index in [1.165, 1.54) is 14.2 Å². The van der Waals surface area contributed by atoms with E-state index in [4.69, 9.17) is 24.2 Å². The molecule has 62 heavy (non-hydrogen) atoms. The first-order valence-electron chi connectivity index (χ1n) is 22.0. The van der Waals surface area contributed by atoms with E-state index in [1.807, 2.05) is 49.8 Å². The highest BCUT2D eigenvalue weighted by Gasteiger charge is 2.62. The number of nitrogens with one attached hydrogen (secondary N) is 4. The van der Waals surface area contributed by atoms with Gasteiger partial charge >= 0.3 is 12.2 Å². The maximum atomic E-state index is 14.4. The van der Waals surface area contributed by atoms with Crippen molar-refractivity contribution in [2.24, 2.45) is 29.6 Å². The summed E-state index contributed by atoms with van der Waals surface area (Å²) in [5, 5.41) is 7.71. The Balaban J connectivity index is 0.885. The lowest BCUT2D eigenvalue weighted by Gasteiger charge is -2.38. The quantitative estimate of drug-likeness (QED) is 0.142. The van der Waals surface area contributed by atoms with E-state index in [2.05, 4.69) is 69.7 Å². The number of benzene rings is 2. The highest BCUT2D eigenvalue weighted by molar-refractivity contribution is 5.89. The van der Waals surface area contributed by atoms with Crippen LogP contribution in [0, 0.1) is 41.4 Å². The number of hydrogen-bond acceptors (Lipinski definition) is 9. The van der Waals surface area contributed by atoms with E-state index in [1.54, 1.807) is 6.20 Å².